The number of rotatable bonds is 8. The predicted molar refractivity (Wildman–Crippen MR) is 126 cm³/mol. The Morgan fingerprint density at radius 2 is 1.90 bits per heavy atom. The third kappa shape index (κ3) is 5.69. The van der Waals surface area contributed by atoms with Gasteiger partial charge in [0.15, 0.2) is 0 Å². The number of amides is 1. The van der Waals surface area contributed by atoms with Gasteiger partial charge >= 0.3 is 0 Å². The number of anilines is 1. The number of benzene rings is 2. The maximum atomic E-state index is 12.3. The molecule has 5 nitrogen and oxygen atoms in total. The van der Waals surface area contributed by atoms with Crippen molar-refractivity contribution >= 4 is 34.5 Å². The summed E-state index contributed by atoms with van der Waals surface area (Å²) in [5, 5.41) is 6.37. The lowest BCUT2D eigenvalue weighted by atomic mass is 10.1. The fourth-order valence-corrected chi connectivity index (χ4v) is 3.96. The number of nitrogens with zero attached hydrogens (tertiary/aromatic N) is 2. The quantitative estimate of drug-likeness (QED) is 0.319. The Hall–Kier alpha value is -3.22. The summed E-state index contributed by atoms with van der Waals surface area (Å²) in [5.41, 5.74) is 3.39. The molecule has 1 amide bonds. The van der Waals surface area contributed by atoms with Crippen LogP contribution in [-0.4, -0.2) is 22.5 Å². The Bertz CT molecular complexity index is 1160. The standard InChI is InChI=1S/C24H20ClN3O2S/c25-19-9-1-2-11-22(19)30-14-6-12-23(29)27-18-8-5-7-17(15-18)21-16-31-24(28-21)20-10-3-4-13-26-20/h1-5,7-11,13,15-16H,6,12,14H2,(H,27,29). The Morgan fingerprint density at radius 1 is 1.03 bits per heavy atom. The van der Waals surface area contributed by atoms with Gasteiger partial charge in [0.05, 0.1) is 23.0 Å². The van der Waals surface area contributed by atoms with Crippen molar-refractivity contribution in [2.75, 3.05) is 11.9 Å². The summed E-state index contributed by atoms with van der Waals surface area (Å²) in [6.45, 7) is 0.423. The first-order chi connectivity index (χ1) is 15.2. The second kappa shape index (κ2) is 10.2. The number of aromatic nitrogens is 2. The number of ether oxygens (including phenoxy) is 1. The normalized spacial score (nSPS) is 10.6. The van der Waals surface area contributed by atoms with E-state index in [9.17, 15) is 4.79 Å². The van der Waals surface area contributed by atoms with Crippen molar-refractivity contribution in [3.05, 3.63) is 83.3 Å². The van der Waals surface area contributed by atoms with E-state index in [1.807, 2.05) is 66.0 Å². The number of pyridine rings is 1. The van der Waals surface area contributed by atoms with Crippen molar-refractivity contribution in [3.8, 4) is 27.7 Å². The molecule has 0 bridgehead atoms. The molecule has 31 heavy (non-hydrogen) atoms. The molecule has 2 aromatic carbocycles. The summed E-state index contributed by atoms with van der Waals surface area (Å²) in [4.78, 5) is 21.3. The summed E-state index contributed by atoms with van der Waals surface area (Å²) >= 11 is 7.61. The van der Waals surface area contributed by atoms with Crippen LogP contribution >= 0.6 is 22.9 Å². The van der Waals surface area contributed by atoms with E-state index in [1.54, 1.807) is 23.6 Å². The van der Waals surface area contributed by atoms with Crippen molar-refractivity contribution in [3.63, 3.8) is 0 Å². The average molecular weight is 450 g/mol. The van der Waals surface area contributed by atoms with Crippen molar-refractivity contribution in [1.29, 1.82) is 0 Å². The number of hydrogen-bond acceptors (Lipinski definition) is 5. The molecule has 0 unspecified atom stereocenters. The molecule has 156 valence electrons. The molecular formula is C24H20ClN3O2S. The molecule has 1 N–H and O–H groups in total. The summed E-state index contributed by atoms with van der Waals surface area (Å²) in [6, 6.07) is 20.7. The first kappa shape index (κ1) is 21.0. The highest BCUT2D eigenvalue weighted by Crippen LogP contribution is 2.29. The molecule has 0 saturated carbocycles. The van der Waals surface area contributed by atoms with Crippen molar-refractivity contribution in [1.82, 2.24) is 9.97 Å². The molecule has 2 heterocycles. The van der Waals surface area contributed by atoms with E-state index in [0.717, 1.165) is 27.6 Å². The van der Waals surface area contributed by atoms with E-state index in [4.69, 9.17) is 16.3 Å². The molecule has 7 heteroatoms. The van der Waals surface area contributed by atoms with Crippen LogP contribution < -0.4 is 10.1 Å². The molecule has 2 aromatic heterocycles. The molecule has 0 spiro atoms. The molecular weight excluding hydrogens is 430 g/mol. The molecule has 0 aliphatic rings. The molecule has 0 aliphatic carbocycles. The van der Waals surface area contributed by atoms with Gasteiger partial charge in [-0.3, -0.25) is 9.78 Å². The van der Waals surface area contributed by atoms with E-state index in [-0.39, 0.29) is 5.91 Å². The van der Waals surface area contributed by atoms with Crippen molar-refractivity contribution < 1.29 is 9.53 Å². The highest BCUT2D eigenvalue weighted by molar-refractivity contribution is 7.13. The smallest absolute Gasteiger partial charge is 0.224 e. The number of para-hydroxylation sites is 1. The van der Waals surface area contributed by atoms with Crippen molar-refractivity contribution in [2.24, 2.45) is 0 Å². The van der Waals surface area contributed by atoms with Gasteiger partial charge in [-0.05, 0) is 42.8 Å². The van der Waals surface area contributed by atoms with Gasteiger partial charge in [0.1, 0.15) is 10.8 Å². The van der Waals surface area contributed by atoms with E-state index >= 15 is 0 Å². The molecule has 4 rings (SSSR count). The third-order valence-electron chi connectivity index (χ3n) is 4.47. The van der Waals surface area contributed by atoms with Crippen molar-refractivity contribution in [2.45, 2.75) is 12.8 Å². The summed E-state index contributed by atoms with van der Waals surface area (Å²) < 4.78 is 5.63. The van der Waals surface area contributed by atoms with Gasteiger partial charge in [-0.1, -0.05) is 41.9 Å². The Morgan fingerprint density at radius 3 is 2.74 bits per heavy atom. The number of carbonyl (C=O) groups excluding carboxylic acids is 1. The van der Waals surface area contributed by atoms with Crippen LogP contribution in [0.5, 0.6) is 5.75 Å². The first-order valence-corrected chi connectivity index (χ1v) is 11.1. The SMILES string of the molecule is O=C(CCCOc1ccccc1Cl)Nc1cccc(-c2csc(-c3ccccn3)n2)c1. The van der Waals surface area contributed by atoms with E-state index in [1.165, 1.54) is 0 Å². The highest BCUT2D eigenvalue weighted by atomic mass is 35.5. The summed E-state index contributed by atoms with van der Waals surface area (Å²) in [7, 11) is 0. The zero-order chi connectivity index (χ0) is 21.5. The molecule has 0 atom stereocenters. The minimum atomic E-state index is -0.0626. The van der Waals surface area contributed by atoms with Crippen LogP contribution in [0.15, 0.2) is 78.3 Å². The zero-order valence-corrected chi connectivity index (χ0v) is 18.2. The lowest BCUT2D eigenvalue weighted by molar-refractivity contribution is -0.116. The fraction of sp³-hybridized carbons (Fsp3) is 0.125. The molecule has 4 aromatic rings. The summed E-state index contributed by atoms with van der Waals surface area (Å²) in [6.07, 6.45) is 2.71. The Balaban J connectivity index is 1.32. The van der Waals surface area contributed by atoms with Gasteiger partial charge in [-0.2, -0.15) is 0 Å². The topological polar surface area (TPSA) is 64.1 Å². The number of nitrogens with one attached hydrogen (secondary N) is 1. The number of hydrogen-bond donors (Lipinski definition) is 1. The van der Waals surface area contributed by atoms with Gasteiger partial charge in [0.25, 0.3) is 0 Å². The second-order valence-corrected chi connectivity index (χ2v) is 8.03. The van der Waals surface area contributed by atoms with Crippen LogP contribution in [0.25, 0.3) is 22.0 Å². The Kier molecular flexibility index (Phi) is 6.92. The maximum Gasteiger partial charge on any atom is 0.224 e. The minimum absolute atomic E-state index is 0.0626. The van der Waals surface area contributed by atoms with Gasteiger partial charge in [0, 0.05) is 29.2 Å². The largest absolute Gasteiger partial charge is 0.492 e. The Labute approximate surface area is 189 Å². The van der Waals surface area contributed by atoms with Crippen LogP contribution in [0.4, 0.5) is 5.69 Å². The van der Waals surface area contributed by atoms with Gasteiger partial charge in [-0.25, -0.2) is 4.98 Å². The molecule has 0 fully saturated rings. The minimum Gasteiger partial charge on any atom is -0.492 e. The van der Waals surface area contributed by atoms with Crippen LogP contribution in [0.1, 0.15) is 12.8 Å². The van der Waals surface area contributed by atoms with Gasteiger partial charge in [-0.15, -0.1) is 11.3 Å². The van der Waals surface area contributed by atoms with Crippen LogP contribution in [0.2, 0.25) is 5.02 Å². The second-order valence-electron chi connectivity index (χ2n) is 6.76. The maximum absolute atomic E-state index is 12.3. The van der Waals surface area contributed by atoms with E-state index in [2.05, 4.69) is 15.3 Å². The number of carbonyl (C=O) groups is 1. The van der Waals surface area contributed by atoms with Crippen LogP contribution in [-0.2, 0) is 4.79 Å². The summed E-state index contributed by atoms with van der Waals surface area (Å²) in [5.74, 6) is 0.568. The zero-order valence-electron chi connectivity index (χ0n) is 16.6. The predicted octanol–water partition coefficient (Wildman–Crippen LogP) is 6.32. The molecule has 0 radical (unpaired) electrons. The van der Waals surface area contributed by atoms with Crippen LogP contribution in [0, 0.1) is 0 Å². The first-order valence-electron chi connectivity index (χ1n) is 9.83. The van der Waals surface area contributed by atoms with Gasteiger partial charge in [0.2, 0.25) is 5.91 Å². The third-order valence-corrected chi connectivity index (χ3v) is 5.65. The van der Waals surface area contributed by atoms with Gasteiger partial charge < -0.3 is 10.1 Å². The number of thiazole rings is 1. The lowest BCUT2D eigenvalue weighted by Gasteiger charge is -2.09. The highest BCUT2D eigenvalue weighted by Gasteiger charge is 2.09. The molecule has 0 saturated heterocycles. The monoisotopic (exact) mass is 449 g/mol. The van der Waals surface area contributed by atoms with Crippen LogP contribution in [0.3, 0.4) is 0 Å². The average Bonchev–Trinajstić information content (AvgIpc) is 3.29. The van der Waals surface area contributed by atoms with E-state index < -0.39 is 0 Å². The molecule has 0 aliphatic heterocycles. The fourth-order valence-electron chi connectivity index (χ4n) is 2.97. The number of halogens is 1. The lowest BCUT2D eigenvalue weighted by Crippen LogP contribution is -2.12. The van der Waals surface area contributed by atoms with E-state index in [0.29, 0.717) is 30.2 Å².